The number of aliphatic hydroxyl groups is 3. The molecule has 198 valence electrons. The summed E-state index contributed by atoms with van der Waals surface area (Å²) >= 11 is 0. The van der Waals surface area contributed by atoms with Crippen LogP contribution >= 0.6 is 0 Å². The van der Waals surface area contributed by atoms with Crippen molar-refractivity contribution >= 4 is 0 Å². The SMILES string of the molecule is CC(CC[C@H](O)C(C)(C)O)[C@@H]1CC[C@]2(C)[C@H]3CC[C@@]4(C(C)(C)O)OCCC[C@H]4[C@]3(C)CC[C@@]12C. The molecule has 0 aromatic heterocycles. The lowest BCUT2D eigenvalue weighted by Crippen LogP contribution is -2.69. The average molecular weight is 479 g/mol. The summed E-state index contributed by atoms with van der Waals surface area (Å²) in [5.74, 6) is 2.30. The molecule has 0 bridgehead atoms. The summed E-state index contributed by atoms with van der Waals surface area (Å²) < 4.78 is 6.56. The molecule has 1 heterocycles. The first kappa shape index (κ1) is 26.9. The maximum atomic E-state index is 11.3. The lowest BCUT2D eigenvalue weighted by atomic mass is 9.37. The van der Waals surface area contributed by atoms with Gasteiger partial charge < -0.3 is 20.1 Å². The Balaban J connectivity index is 1.59. The largest absolute Gasteiger partial charge is 0.390 e. The molecular formula is C30H54O4. The maximum Gasteiger partial charge on any atom is 0.0995 e. The van der Waals surface area contributed by atoms with Crippen molar-refractivity contribution in [1.29, 1.82) is 0 Å². The van der Waals surface area contributed by atoms with Gasteiger partial charge in [-0.2, -0.15) is 0 Å². The number of ether oxygens (including phenoxy) is 1. The molecule has 0 radical (unpaired) electrons. The van der Waals surface area contributed by atoms with Gasteiger partial charge in [0.15, 0.2) is 0 Å². The number of fused-ring (bicyclic) bond motifs is 5. The van der Waals surface area contributed by atoms with E-state index in [0.717, 1.165) is 32.3 Å². The molecule has 3 saturated carbocycles. The van der Waals surface area contributed by atoms with Gasteiger partial charge in [-0.25, -0.2) is 0 Å². The first-order valence-corrected chi connectivity index (χ1v) is 14.3. The molecule has 1 saturated heterocycles. The third-order valence-electron chi connectivity index (χ3n) is 12.4. The molecule has 4 nitrogen and oxygen atoms in total. The Morgan fingerprint density at radius 2 is 1.53 bits per heavy atom. The van der Waals surface area contributed by atoms with Gasteiger partial charge in [-0.1, -0.05) is 27.7 Å². The predicted octanol–water partition coefficient (Wildman–Crippen LogP) is 6.10. The minimum atomic E-state index is -1.03. The van der Waals surface area contributed by atoms with Gasteiger partial charge in [-0.05, 0) is 132 Å². The summed E-state index contributed by atoms with van der Waals surface area (Å²) in [6.07, 6.45) is 10.4. The van der Waals surface area contributed by atoms with Crippen molar-refractivity contribution in [2.75, 3.05) is 6.61 Å². The van der Waals surface area contributed by atoms with Crippen LogP contribution in [0.2, 0.25) is 0 Å². The molecule has 9 atom stereocenters. The molecule has 4 fully saturated rings. The van der Waals surface area contributed by atoms with E-state index >= 15 is 0 Å². The zero-order valence-electron chi connectivity index (χ0n) is 23.4. The molecule has 0 amide bonds. The fourth-order valence-electron chi connectivity index (χ4n) is 10.2. The second-order valence-electron chi connectivity index (χ2n) is 14.8. The van der Waals surface area contributed by atoms with Gasteiger partial charge in [-0.15, -0.1) is 0 Å². The Kier molecular flexibility index (Phi) is 6.67. The first-order valence-electron chi connectivity index (χ1n) is 14.3. The van der Waals surface area contributed by atoms with Crippen LogP contribution in [0.4, 0.5) is 0 Å². The van der Waals surface area contributed by atoms with Gasteiger partial charge in [-0.3, -0.25) is 0 Å². The second-order valence-corrected chi connectivity index (χ2v) is 14.8. The monoisotopic (exact) mass is 478 g/mol. The molecule has 34 heavy (non-hydrogen) atoms. The van der Waals surface area contributed by atoms with Crippen LogP contribution < -0.4 is 0 Å². The number of hydrogen-bond donors (Lipinski definition) is 3. The van der Waals surface area contributed by atoms with Crippen LogP contribution in [0.25, 0.3) is 0 Å². The van der Waals surface area contributed by atoms with Crippen LogP contribution in [0.15, 0.2) is 0 Å². The molecule has 1 aliphatic heterocycles. The third kappa shape index (κ3) is 3.75. The van der Waals surface area contributed by atoms with Crippen molar-refractivity contribution in [3.63, 3.8) is 0 Å². The third-order valence-corrected chi connectivity index (χ3v) is 12.4. The smallest absolute Gasteiger partial charge is 0.0995 e. The van der Waals surface area contributed by atoms with Crippen LogP contribution in [0.1, 0.15) is 120 Å². The van der Waals surface area contributed by atoms with Gasteiger partial charge in [0.1, 0.15) is 0 Å². The van der Waals surface area contributed by atoms with E-state index in [0.29, 0.717) is 40.9 Å². The zero-order valence-corrected chi connectivity index (χ0v) is 23.4. The van der Waals surface area contributed by atoms with E-state index in [1.54, 1.807) is 13.8 Å². The summed E-state index contributed by atoms with van der Waals surface area (Å²) in [7, 11) is 0. The van der Waals surface area contributed by atoms with Crippen LogP contribution in [-0.4, -0.2) is 44.8 Å². The van der Waals surface area contributed by atoms with Crippen molar-refractivity contribution < 1.29 is 20.1 Å². The van der Waals surface area contributed by atoms with Gasteiger partial charge in [0.05, 0.1) is 22.9 Å². The highest BCUT2D eigenvalue weighted by Gasteiger charge is 2.71. The van der Waals surface area contributed by atoms with Crippen LogP contribution in [0, 0.1) is 39.9 Å². The highest BCUT2D eigenvalue weighted by atomic mass is 16.5. The van der Waals surface area contributed by atoms with Gasteiger partial charge in [0.25, 0.3) is 0 Å². The van der Waals surface area contributed by atoms with Gasteiger partial charge in [0, 0.05) is 6.61 Å². The molecule has 3 aliphatic carbocycles. The van der Waals surface area contributed by atoms with Crippen molar-refractivity contribution in [2.24, 2.45) is 39.9 Å². The Morgan fingerprint density at radius 3 is 2.15 bits per heavy atom. The Hall–Kier alpha value is -0.160. The van der Waals surface area contributed by atoms with E-state index in [2.05, 4.69) is 27.7 Å². The molecule has 3 N–H and O–H groups in total. The van der Waals surface area contributed by atoms with Gasteiger partial charge >= 0.3 is 0 Å². The predicted molar refractivity (Wildman–Crippen MR) is 137 cm³/mol. The Bertz CT molecular complexity index is 752. The second kappa shape index (κ2) is 8.43. The fourth-order valence-corrected chi connectivity index (χ4v) is 10.2. The molecule has 4 rings (SSSR count). The molecule has 0 aromatic rings. The standard InChI is InChI=1S/C30H54O4/c1-20(11-12-24(31)25(2,3)32)21-13-15-29(8)22-14-16-30(26(4,5)33)23(10-9-19-34-30)27(22,6)17-18-28(21,29)7/h20-24,31-33H,9-19H2,1-8H3/t20?,21-,22-,23-,24-,27+,28-,29+,30+/m0/s1. The normalized spacial score (nSPS) is 46.9. The molecular weight excluding hydrogens is 424 g/mol. The molecule has 4 aliphatic rings. The van der Waals surface area contributed by atoms with Crippen molar-refractivity contribution in [2.45, 2.75) is 143 Å². The topological polar surface area (TPSA) is 69.9 Å². The maximum absolute atomic E-state index is 11.3. The van der Waals surface area contributed by atoms with E-state index in [-0.39, 0.29) is 5.41 Å². The van der Waals surface area contributed by atoms with Crippen LogP contribution in [0.5, 0.6) is 0 Å². The van der Waals surface area contributed by atoms with Crippen molar-refractivity contribution in [3.05, 3.63) is 0 Å². The van der Waals surface area contributed by atoms with Gasteiger partial charge in [0.2, 0.25) is 0 Å². The fraction of sp³-hybridized carbons (Fsp3) is 1.00. The zero-order chi connectivity index (χ0) is 25.4. The Morgan fingerprint density at radius 1 is 0.853 bits per heavy atom. The first-order chi connectivity index (χ1) is 15.5. The summed E-state index contributed by atoms with van der Waals surface area (Å²) in [4.78, 5) is 0. The van der Waals surface area contributed by atoms with Crippen LogP contribution in [-0.2, 0) is 4.74 Å². The van der Waals surface area contributed by atoms with Crippen LogP contribution in [0.3, 0.4) is 0 Å². The van der Waals surface area contributed by atoms with Crippen molar-refractivity contribution in [1.82, 2.24) is 0 Å². The van der Waals surface area contributed by atoms with E-state index in [9.17, 15) is 15.3 Å². The minimum Gasteiger partial charge on any atom is -0.390 e. The lowest BCUT2D eigenvalue weighted by Gasteiger charge is -2.69. The quantitative estimate of drug-likeness (QED) is 0.431. The molecule has 0 aromatic carbocycles. The lowest BCUT2D eigenvalue weighted by molar-refractivity contribution is -0.291. The Labute approximate surface area is 209 Å². The van der Waals surface area contributed by atoms with Crippen molar-refractivity contribution in [3.8, 4) is 0 Å². The van der Waals surface area contributed by atoms with E-state index in [4.69, 9.17) is 4.74 Å². The molecule has 1 unspecified atom stereocenters. The van der Waals surface area contributed by atoms with E-state index in [1.165, 1.54) is 32.1 Å². The minimum absolute atomic E-state index is 0.210. The summed E-state index contributed by atoms with van der Waals surface area (Å²) in [6.45, 7) is 18.3. The highest BCUT2D eigenvalue weighted by molar-refractivity contribution is 5.20. The average Bonchev–Trinajstić information content (AvgIpc) is 3.01. The highest BCUT2D eigenvalue weighted by Crippen LogP contribution is 2.75. The number of rotatable bonds is 6. The summed E-state index contributed by atoms with van der Waals surface area (Å²) in [5.41, 5.74) is -1.43. The molecule has 0 spiro atoms. The number of hydrogen-bond acceptors (Lipinski definition) is 4. The number of aliphatic hydroxyl groups excluding tert-OH is 1. The summed E-state index contributed by atoms with van der Waals surface area (Å²) in [5, 5.41) is 32.0. The van der Waals surface area contributed by atoms with E-state index < -0.39 is 22.9 Å². The van der Waals surface area contributed by atoms with E-state index in [1.807, 2.05) is 13.8 Å². The molecule has 4 heteroatoms. The summed E-state index contributed by atoms with van der Waals surface area (Å²) in [6, 6.07) is 0.